The van der Waals surface area contributed by atoms with Crippen molar-refractivity contribution < 1.29 is 4.57 Å². The molecule has 13 heavy (non-hydrogen) atoms. The molecule has 0 aliphatic carbocycles. The van der Waals surface area contributed by atoms with E-state index >= 15 is 0 Å². The molecular formula is C8H9N4S+. The Kier molecular flexibility index (Phi) is 1.52. The van der Waals surface area contributed by atoms with Gasteiger partial charge in [-0.15, -0.1) is 0 Å². The fourth-order valence-electron chi connectivity index (χ4n) is 1.58. The van der Waals surface area contributed by atoms with Crippen LogP contribution in [0.15, 0.2) is 17.7 Å². The Balaban J connectivity index is 2.34. The molecule has 66 valence electrons. The zero-order valence-electron chi connectivity index (χ0n) is 7.03. The Morgan fingerprint density at radius 3 is 3.46 bits per heavy atom. The zero-order valence-corrected chi connectivity index (χ0v) is 7.84. The van der Waals surface area contributed by atoms with Crippen LogP contribution in [0.5, 0.6) is 0 Å². The van der Waals surface area contributed by atoms with Crippen molar-refractivity contribution in [2.45, 2.75) is 18.0 Å². The van der Waals surface area contributed by atoms with Gasteiger partial charge in [-0.25, -0.2) is 4.57 Å². The van der Waals surface area contributed by atoms with Crippen LogP contribution in [0.25, 0.3) is 11.2 Å². The molecule has 3 rings (SSSR count). The average molecular weight is 193 g/mol. The fourth-order valence-corrected chi connectivity index (χ4v) is 2.65. The van der Waals surface area contributed by atoms with Crippen LogP contribution in [-0.4, -0.2) is 20.7 Å². The third-order valence-corrected chi connectivity index (χ3v) is 3.40. The largest absolute Gasteiger partial charge is 0.337 e. The summed E-state index contributed by atoms with van der Waals surface area (Å²) in [5, 5.41) is 1.27. The zero-order chi connectivity index (χ0) is 8.67. The monoisotopic (exact) mass is 193 g/mol. The van der Waals surface area contributed by atoms with Gasteiger partial charge in [0.2, 0.25) is 0 Å². The number of nitrogens with one attached hydrogen (secondary N) is 1. The lowest BCUT2D eigenvalue weighted by atomic mass is 10.4. The number of imidazole rings is 1. The molecule has 3 heterocycles. The maximum absolute atomic E-state index is 4.26. The van der Waals surface area contributed by atoms with Crippen LogP contribution in [0.4, 0.5) is 0 Å². The van der Waals surface area contributed by atoms with E-state index in [4.69, 9.17) is 0 Å². The van der Waals surface area contributed by atoms with Gasteiger partial charge in [0.1, 0.15) is 0 Å². The number of hydrogen-bond donors (Lipinski definition) is 1. The summed E-state index contributed by atoms with van der Waals surface area (Å²) in [5.41, 5.74) is 1.90. The number of rotatable bonds is 0. The molecule has 0 bridgehead atoms. The maximum atomic E-state index is 4.26. The van der Waals surface area contributed by atoms with Gasteiger partial charge in [-0.05, 0) is 11.4 Å². The van der Waals surface area contributed by atoms with Crippen molar-refractivity contribution in [1.82, 2.24) is 15.0 Å². The molecule has 0 amide bonds. The topological polar surface area (TPSA) is 45.5 Å². The van der Waals surface area contributed by atoms with E-state index in [1.807, 2.05) is 18.1 Å². The fraction of sp³-hybridized carbons (Fsp3) is 0.375. The summed E-state index contributed by atoms with van der Waals surface area (Å²) in [4.78, 5) is 11.5. The van der Waals surface area contributed by atoms with Crippen molar-refractivity contribution in [1.29, 1.82) is 0 Å². The number of nitrogens with zero attached hydrogens (tertiary/aromatic N) is 3. The highest BCUT2D eigenvalue weighted by atomic mass is 32.2. The molecule has 5 heteroatoms. The SMILES string of the molecule is c1nc2nc[n+]3c(c2[nH]1)SCCC3. The predicted octanol–water partition coefficient (Wildman–Crippen LogP) is 0.741. The quantitative estimate of drug-likeness (QED) is 0.496. The molecule has 0 radical (unpaired) electrons. The number of fused-ring (bicyclic) bond motifs is 3. The predicted molar refractivity (Wildman–Crippen MR) is 49.4 cm³/mol. The number of H-pyrrole nitrogens is 1. The van der Waals surface area contributed by atoms with Crippen LogP contribution in [0.3, 0.4) is 0 Å². The van der Waals surface area contributed by atoms with Gasteiger partial charge in [0.15, 0.2) is 10.5 Å². The second-order valence-electron chi connectivity index (χ2n) is 3.05. The van der Waals surface area contributed by atoms with Gasteiger partial charge in [0.25, 0.3) is 12.0 Å². The third-order valence-electron chi connectivity index (χ3n) is 2.20. The summed E-state index contributed by atoms with van der Waals surface area (Å²) in [6.07, 6.45) is 4.81. The van der Waals surface area contributed by atoms with E-state index in [0.717, 1.165) is 17.7 Å². The number of aryl methyl sites for hydroxylation is 1. The minimum Gasteiger partial charge on any atom is -0.337 e. The van der Waals surface area contributed by atoms with E-state index in [9.17, 15) is 0 Å². The van der Waals surface area contributed by atoms with E-state index < -0.39 is 0 Å². The minimum absolute atomic E-state index is 0.820. The lowest BCUT2D eigenvalue weighted by Crippen LogP contribution is -2.39. The molecule has 0 unspecified atom stereocenters. The summed E-state index contributed by atoms with van der Waals surface area (Å²) in [5.74, 6) is 1.19. The van der Waals surface area contributed by atoms with E-state index in [0.29, 0.717) is 0 Å². The first-order chi connectivity index (χ1) is 6.45. The van der Waals surface area contributed by atoms with Crippen LogP contribution in [0.1, 0.15) is 6.42 Å². The van der Waals surface area contributed by atoms with Gasteiger partial charge in [0, 0.05) is 5.75 Å². The molecule has 0 spiro atoms. The maximum Gasteiger partial charge on any atom is 0.296 e. The summed E-state index contributed by atoms with van der Waals surface area (Å²) in [6, 6.07) is 0. The Bertz CT molecular complexity index is 450. The van der Waals surface area contributed by atoms with Gasteiger partial charge in [-0.3, -0.25) is 0 Å². The van der Waals surface area contributed by atoms with Crippen molar-refractivity contribution in [3.05, 3.63) is 12.7 Å². The molecule has 1 N–H and O–H groups in total. The third kappa shape index (κ3) is 1.03. The van der Waals surface area contributed by atoms with Crippen molar-refractivity contribution in [2.75, 3.05) is 5.75 Å². The smallest absolute Gasteiger partial charge is 0.296 e. The molecule has 2 aromatic rings. The highest BCUT2D eigenvalue weighted by molar-refractivity contribution is 7.99. The van der Waals surface area contributed by atoms with E-state index in [2.05, 4.69) is 19.5 Å². The van der Waals surface area contributed by atoms with Gasteiger partial charge < -0.3 is 4.98 Å². The van der Waals surface area contributed by atoms with Crippen LogP contribution in [0, 0.1) is 0 Å². The Morgan fingerprint density at radius 2 is 2.46 bits per heavy atom. The molecule has 1 aliphatic heterocycles. The van der Waals surface area contributed by atoms with Crippen LogP contribution in [-0.2, 0) is 6.54 Å². The molecule has 2 aromatic heterocycles. The van der Waals surface area contributed by atoms with Gasteiger partial charge in [0.05, 0.1) is 12.9 Å². The molecule has 4 nitrogen and oxygen atoms in total. The summed E-state index contributed by atoms with van der Waals surface area (Å²) in [6.45, 7) is 1.07. The molecule has 1 aliphatic rings. The Morgan fingerprint density at radius 1 is 1.46 bits per heavy atom. The van der Waals surface area contributed by atoms with Crippen LogP contribution < -0.4 is 4.57 Å². The van der Waals surface area contributed by atoms with Crippen LogP contribution >= 0.6 is 11.8 Å². The molecule has 0 atom stereocenters. The number of hydrogen-bond acceptors (Lipinski definition) is 3. The van der Waals surface area contributed by atoms with Crippen molar-refractivity contribution >= 4 is 22.9 Å². The lowest BCUT2D eigenvalue weighted by Gasteiger charge is -2.10. The van der Waals surface area contributed by atoms with Gasteiger partial charge in [-0.1, -0.05) is 11.8 Å². The van der Waals surface area contributed by atoms with Crippen LogP contribution in [0.2, 0.25) is 0 Å². The standard InChI is InChI=1S/C8H8N4S/c1-2-12-5-11-7-6(9-4-10-7)8(12)13-3-1/h4-5H,1-3H2/p+1. The number of thioether (sulfide) groups is 1. The second-order valence-corrected chi connectivity index (χ2v) is 4.13. The number of aromatic amines is 1. The average Bonchev–Trinajstić information content (AvgIpc) is 2.65. The highest BCUT2D eigenvalue weighted by Crippen LogP contribution is 2.23. The van der Waals surface area contributed by atoms with Gasteiger partial charge >= 0.3 is 0 Å². The first-order valence-electron chi connectivity index (χ1n) is 4.29. The highest BCUT2D eigenvalue weighted by Gasteiger charge is 2.20. The minimum atomic E-state index is 0.820. The molecule has 0 fully saturated rings. The first kappa shape index (κ1) is 7.32. The summed E-state index contributed by atoms with van der Waals surface area (Å²) in [7, 11) is 0. The number of aromatic nitrogens is 4. The Labute approximate surface area is 79.4 Å². The molecule has 0 saturated heterocycles. The molecule has 0 saturated carbocycles. The van der Waals surface area contributed by atoms with E-state index in [1.54, 1.807) is 6.33 Å². The first-order valence-corrected chi connectivity index (χ1v) is 5.28. The van der Waals surface area contributed by atoms with Crippen molar-refractivity contribution in [2.24, 2.45) is 0 Å². The lowest BCUT2D eigenvalue weighted by molar-refractivity contribution is -0.735. The van der Waals surface area contributed by atoms with E-state index in [-0.39, 0.29) is 0 Å². The van der Waals surface area contributed by atoms with E-state index in [1.165, 1.54) is 17.2 Å². The second kappa shape index (κ2) is 2.70. The normalized spacial score (nSPS) is 16.0. The Hall–Kier alpha value is -1.10. The van der Waals surface area contributed by atoms with Crippen molar-refractivity contribution in [3.63, 3.8) is 0 Å². The van der Waals surface area contributed by atoms with Crippen molar-refractivity contribution in [3.8, 4) is 0 Å². The molecule has 0 aromatic carbocycles. The summed E-state index contributed by atoms with van der Waals surface area (Å²) < 4.78 is 2.19. The van der Waals surface area contributed by atoms with Gasteiger partial charge in [-0.2, -0.15) is 4.98 Å². The molecular weight excluding hydrogens is 184 g/mol. The summed E-state index contributed by atoms with van der Waals surface area (Å²) >= 11 is 1.87.